The molecule has 4 heteroatoms. The largest absolute Gasteiger partial charge is 0.378 e. The normalized spacial score (nSPS) is 30.7. The molecule has 1 saturated heterocycles. The van der Waals surface area contributed by atoms with Crippen molar-refractivity contribution in [2.45, 2.75) is 38.3 Å². The summed E-state index contributed by atoms with van der Waals surface area (Å²) in [5.74, 6) is 0.642. The molecule has 2 unspecified atom stereocenters. The predicted octanol–water partition coefficient (Wildman–Crippen LogP) is 2.07. The summed E-state index contributed by atoms with van der Waals surface area (Å²) in [7, 11) is 0. The fourth-order valence-corrected chi connectivity index (χ4v) is 3.30. The van der Waals surface area contributed by atoms with Crippen LogP contribution in [-0.2, 0) is 4.74 Å². The van der Waals surface area contributed by atoms with Crippen molar-refractivity contribution in [2.24, 2.45) is 10.7 Å². The van der Waals surface area contributed by atoms with E-state index in [0.29, 0.717) is 5.96 Å². The van der Waals surface area contributed by atoms with Gasteiger partial charge in [0, 0.05) is 12.3 Å². The third-order valence-electron chi connectivity index (χ3n) is 4.23. The molecule has 0 aromatic heterocycles. The van der Waals surface area contributed by atoms with Crippen molar-refractivity contribution in [3.8, 4) is 0 Å². The Morgan fingerprint density at radius 2 is 2.21 bits per heavy atom. The van der Waals surface area contributed by atoms with Gasteiger partial charge in [0.1, 0.15) is 0 Å². The maximum atomic E-state index is 6.17. The van der Waals surface area contributed by atoms with E-state index in [2.05, 4.69) is 48.0 Å². The Balaban J connectivity index is 2.01. The van der Waals surface area contributed by atoms with Gasteiger partial charge in [-0.1, -0.05) is 18.2 Å². The first-order chi connectivity index (χ1) is 9.12. The summed E-state index contributed by atoms with van der Waals surface area (Å²) in [6.07, 6.45) is 2.22. The molecule has 3 rings (SSSR count). The molecule has 0 aliphatic carbocycles. The topological polar surface area (TPSA) is 50.8 Å². The third-order valence-corrected chi connectivity index (χ3v) is 4.23. The zero-order valence-corrected chi connectivity index (χ0v) is 11.6. The summed E-state index contributed by atoms with van der Waals surface area (Å²) in [5.41, 5.74) is 8.59. The number of hydrogen-bond donors (Lipinski definition) is 1. The molecule has 2 heterocycles. The number of para-hydroxylation sites is 1. The standard InChI is InChI=1S/C15H21N3O/c1-11-5-3-4-6-13(11)18-14(16)17-10-15(18)7-8-19-12(2)9-15/h3-6,12H,7-10H2,1-2H3,(H2,16,17). The van der Waals surface area contributed by atoms with Gasteiger partial charge in [-0.3, -0.25) is 4.99 Å². The van der Waals surface area contributed by atoms with Crippen LogP contribution in [0.25, 0.3) is 0 Å². The van der Waals surface area contributed by atoms with Crippen LogP contribution < -0.4 is 10.6 Å². The number of ether oxygens (including phenoxy) is 1. The van der Waals surface area contributed by atoms with Gasteiger partial charge in [-0.25, -0.2) is 0 Å². The molecule has 1 spiro atoms. The number of hydrogen-bond acceptors (Lipinski definition) is 4. The highest BCUT2D eigenvalue weighted by Gasteiger charge is 2.46. The first-order valence-corrected chi connectivity index (χ1v) is 6.90. The van der Waals surface area contributed by atoms with Gasteiger partial charge in [-0.05, 0) is 38.3 Å². The van der Waals surface area contributed by atoms with Crippen LogP contribution in [0.2, 0.25) is 0 Å². The number of rotatable bonds is 1. The molecule has 4 nitrogen and oxygen atoms in total. The van der Waals surface area contributed by atoms with E-state index in [1.54, 1.807) is 0 Å². The summed E-state index contributed by atoms with van der Waals surface area (Å²) in [4.78, 5) is 6.75. The minimum atomic E-state index is 0.00780. The fraction of sp³-hybridized carbons (Fsp3) is 0.533. The van der Waals surface area contributed by atoms with Crippen molar-refractivity contribution >= 4 is 11.6 Å². The van der Waals surface area contributed by atoms with Gasteiger partial charge in [0.25, 0.3) is 0 Å². The van der Waals surface area contributed by atoms with Crippen LogP contribution in [0.1, 0.15) is 25.3 Å². The maximum Gasteiger partial charge on any atom is 0.196 e. The van der Waals surface area contributed by atoms with Crippen molar-refractivity contribution in [2.75, 3.05) is 18.1 Å². The quantitative estimate of drug-likeness (QED) is 0.840. The average Bonchev–Trinajstić information content (AvgIpc) is 2.67. The SMILES string of the molecule is Cc1ccccc1N1C(N)=NCC12CCOC(C)C2. The van der Waals surface area contributed by atoms with E-state index in [4.69, 9.17) is 10.5 Å². The average molecular weight is 259 g/mol. The molecular weight excluding hydrogens is 238 g/mol. The van der Waals surface area contributed by atoms with E-state index in [0.717, 1.165) is 26.0 Å². The van der Waals surface area contributed by atoms with Gasteiger partial charge in [0.2, 0.25) is 0 Å². The van der Waals surface area contributed by atoms with Gasteiger partial charge in [0.15, 0.2) is 5.96 Å². The van der Waals surface area contributed by atoms with Crippen LogP contribution in [0.5, 0.6) is 0 Å². The zero-order chi connectivity index (χ0) is 13.5. The molecule has 19 heavy (non-hydrogen) atoms. The highest BCUT2D eigenvalue weighted by atomic mass is 16.5. The Kier molecular flexibility index (Phi) is 2.97. The highest BCUT2D eigenvalue weighted by molar-refractivity contribution is 5.99. The molecule has 0 bridgehead atoms. The summed E-state index contributed by atoms with van der Waals surface area (Å²) in [6.45, 7) is 5.82. The molecule has 0 saturated carbocycles. The van der Waals surface area contributed by atoms with E-state index < -0.39 is 0 Å². The number of aryl methyl sites for hydroxylation is 1. The summed E-state index contributed by atoms with van der Waals surface area (Å²) in [5, 5.41) is 0. The second kappa shape index (κ2) is 4.53. The minimum Gasteiger partial charge on any atom is -0.378 e. The summed E-state index contributed by atoms with van der Waals surface area (Å²) < 4.78 is 5.70. The lowest BCUT2D eigenvalue weighted by Gasteiger charge is -2.44. The number of nitrogens with zero attached hydrogens (tertiary/aromatic N) is 2. The molecule has 1 fully saturated rings. The predicted molar refractivity (Wildman–Crippen MR) is 77.5 cm³/mol. The lowest BCUT2D eigenvalue weighted by Crippen LogP contribution is -2.56. The molecule has 102 valence electrons. The monoisotopic (exact) mass is 259 g/mol. The molecule has 0 amide bonds. The van der Waals surface area contributed by atoms with Crippen LogP contribution >= 0.6 is 0 Å². The molecule has 0 radical (unpaired) electrons. The van der Waals surface area contributed by atoms with Crippen molar-refractivity contribution in [1.29, 1.82) is 0 Å². The van der Waals surface area contributed by atoms with Crippen LogP contribution in [0.3, 0.4) is 0 Å². The second-order valence-corrected chi connectivity index (χ2v) is 5.66. The summed E-state index contributed by atoms with van der Waals surface area (Å²) >= 11 is 0. The van der Waals surface area contributed by atoms with E-state index in [-0.39, 0.29) is 11.6 Å². The van der Waals surface area contributed by atoms with Crippen molar-refractivity contribution in [3.63, 3.8) is 0 Å². The van der Waals surface area contributed by atoms with Gasteiger partial charge >= 0.3 is 0 Å². The van der Waals surface area contributed by atoms with Gasteiger partial charge in [-0.15, -0.1) is 0 Å². The van der Waals surface area contributed by atoms with Crippen LogP contribution in [-0.4, -0.2) is 30.8 Å². The zero-order valence-electron chi connectivity index (χ0n) is 11.6. The Labute approximate surface area is 114 Å². The Morgan fingerprint density at radius 3 is 2.95 bits per heavy atom. The first-order valence-electron chi connectivity index (χ1n) is 6.90. The van der Waals surface area contributed by atoms with Crippen LogP contribution in [0.4, 0.5) is 5.69 Å². The fourth-order valence-electron chi connectivity index (χ4n) is 3.30. The van der Waals surface area contributed by atoms with E-state index in [1.165, 1.54) is 11.3 Å². The van der Waals surface area contributed by atoms with Gasteiger partial charge in [-0.2, -0.15) is 0 Å². The molecule has 1 aromatic carbocycles. The molecule has 1 aromatic rings. The van der Waals surface area contributed by atoms with E-state index >= 15 is 0 Å². The number of nitrogens with two attached hydrogens (primary N) is 1. The van der Waals surface area contributed by atoms with Crippen molar-refractivity contribution < 1.29 is 4.74 Å². The second-order valence-electron chi connectivity index (χ2n) is 5.66. The molecule has 2 aliphatic heterocycles. The Morgan fingerprint density at radius 1 is 1.42 bits per heavy atom. The van der Waals surface area contributed by atoms with Gasteiger partial charge in [0.05, 0.1) is 18.2 Å². The van der Waals surface area contributed by atoms with Crippen molar-refractivity contribution in [1.82, 2.24) is 0 Å². The van der Waals surface area contributed by atoms with Crippen LogP contribution in [0.15, 0.2) is 29.3 Å². The third kappa shape index (κ3) is 2.00. The molecule has 2 N–H and O–H groups in total. The lowest BCUT2D eigenvalue weighted by molar-refractivity contribution is -0.00248. The highest BCUT2D eigenvalue weighted by Crippen LogP contribution is 2.39. The molecular formula is C15H21N3O. The number of anilines is 1. The Bertz CT molecular complexity index is 514. The molecule has 2 atom stereocenters. The summed E-state index contributed by atoms with van der Waals surface area (Å²) in [6, 6.07) is 8.37. The molecule has 2 aliphatic rings. The number of benzene rings is 1. The van der Waals surface area contributed by atoms with E-state index in [1.807, 2.05) is 0 Å². The van der Waals surface area contributed by atoms with Gasteiger partial charge < -0.3 is 15.4 Å². The number of guanidine groups is 1. The van der Waals surface area contributed by atoms with E-state index in [9.17, 15) is 0 Å². The van der Waals surface area contributed by atoms with Crippen molar-refractivity contribution in [3.05, 3.63) is 29.8 Å². The Hall–Kier alpha value is -1.55. The number of aliphatic imine (C=N–C) groups is 1. The lowest BCUT2D eigenvalue weighted by atomic mass is 9.85. The minimum absolute atomic E-state index is 0.00780. The first kappa shape index (κ1) is 12.5. The smallest absolute Gasteiger partial charge is 0.196 e. The maximum absolute atomic E-state index is 6.17. The van der Waals surface area contributed by atoms with Crippen LogP contribution in [0, 0.1) is 6.92 Å².